The Morgan fingerprint density at radius 3 is 2.73 bits per heavy atom. The van der Waals surface area contributed by atoms with Crippen LogP contribution in [0.25, 0.3) is 0 Å². The molecule has 3 nitrogen and oxygen atoms in total. The first-order valence-electron chi connectivity index (χ1n) is 6.11. The van der Waals surface area contributed by atoms with Crippen molar-refractivity contribution in [1.29, 1.82) is 0 Å². The summed E-state index contributed by atoms with van der Waals surface area (Å²) in [5.41, 5.74) is 0.448. The number of likely N-dealkylation sites (N-methyl/N-ethyl adjacent to an activating group) is 1. The molecule has 0 bridgehead atoms. The van der Waals surface area contributed by atoms with Crippen LogP contribution in [0, 0.1) is 5.41 Å². The number of hydrogen-bond donors (Lipinski definition) is 2. The topological polar surface area (TPSA) is 27.3 Å². The molecule has 90 valence electrons. The minimum absolute atomic E-state index is 0.448. The van der Waals surface area contributed by atoms with Crippen LogP contribution in [0.1, 0.15) is 27.2 Å². The van der Waals surface area contributed by atoms with Crippen molar-refractivity contribution in [3.63, 3.8) is 0 Å². The molecule has 3 heteroatoms. The van der Waals surface area contributed by atoms with Gasteiger partial charge < -0.3 is 10.6 Å². The Balaban J connectivity index is 2.08. The van der Waals surface area contributed by atoms with E-state index in [1.807, 2.05) is 0 Å². The molecule has 0 saturated carbocycles. The average Bonchev–Trinajstić information content (AvgIpc) is 2.13. The molecule has 0 aliphatic carbocycles. The van der Waals surface area contributed by atoms with Crippen LogP contribution in [0.4, 0.5) is 0 Å². The van der Waals surface area contributed by atoms with Gasteiger partial charge in [0.15, 0.2) is 0 Å². The molecule has 1 heterocycles. The summed E-state index contributed by atoms with van der Waals surface area (Å²) in [6, 6.07) is 0.665. The molecule has 1 saturated heterocycles. The summed E-state index contributed by atoms with van der Waals surface area (Å²) < 4.78 is 0. The molecule has 1 aliphatic rings. The maximum Gasteiger partial charge on any atom is 0.0342 e. The molecule has 2 N–H and O–H groups in total. The third kappa shape index (κ3) is 5.50. The number of piperazine rings is 1. The predicted molar refractivity (Wildman–Crippen MR) is 66.2 cm³/mol. The van der Waals surface area contributed by atoms with Crippen molar-refractivity contribution >= 4 is 0 Å². The summed E-state index contributed by atoms with van der Waals surface area (Å²) in [5, 5.41) is 7.00. The second-order valence-electron chi connectivity index (χ2n) is 5.85. The quantitative estimate of drug-likeness (QED) is 0.680. The molecule has 1 aliphatic heterocycles. The lowest BCUT2D eigenvalue weighted by Gasteiger charge is -2.33. The predicted octanol–water partition coefficient (Wildman–Crippen LogP) is 0.916. The fourth-order valence-corrected chi connectivity index (χ4v) is 1.82. The van der Waals surface area contributed by atoms with Crippen molar-refractivity contribution in [3.8, 4) is 0 Å². The Kier molecular flexibility index (Phi) is 5.03. The lowest BCUT2D eigenvalue weighted by atomic mass is 9.92. The van der Waals surface area contributed by atoms with Crippen LogP contribution in [0.15, 0.2) is 0 Å². The number of nitrogens with zero attached hydrogens (tertiary/aromatic N) is 1. The van der Waals surface area contributed by atoms with Gasteiger partial charge in [-0.05, 0) is 25.4 Å². The Labute approximate surface area is 94.6 Å². The summed E-state index contributed by atoms with van der Waals surface area (Å²) in [5.74, 6) is 0. The zero-order valence-corrected chi connectivity index (χ0v) is 10.8. The van der Waals surface area contributed by atoms with Gasteiger partial charge in [-0.15, -0.1) is 0 Å². The number of nitrogens with one attached hydrogen (secondary N) is 2. The SMILES string of the molecule is CN1CCNCC1CNCCC(C)(C)C. The van der Waals surface area contributed by atoms with E-state index < -0.39 is 0 Å². The first-order valence-corrected chi connectivity index (χ1v) is 6.11. The highest BCUT2D eigenvalue weighted by molar-refractivity contribution is 4.79. The van der Waals surface area contributed by atoms with Crippen molar-refractivity contribution in [1.82, 2.24) is 15.5 Å². The molecular formula is C12H27N3. The summed E-state index contributed by atoms with van der Waals surface area (Å²) in [7, 11) is 2.22. The molecule has 0 aromatic rings. The van der Waals surface area contributed by atoms with E-state index in [0.29, 0.717) is 11.5 Å². The molecule has 0 radical (unpaired) electrons. The highest BCUT2D eigenvalue weighted by Crippen LogP contribution is 2.16. The minimum atomic E-state index is 0.448. The van der Waals surface area contributed by atoms with E-state index in [2.05, 4.69) is 43.4 Å². The van der Waals surface area contributed by atoms with E-state index in [1.54, 1.807) is 0 Å². The molecule has 0 aromatic carbocycles. The summed E-state index contributed by atoms with van der Waals surface area (Å²) in [4.78, 5) is 2.45. The van der Waals surface area contributed by atoms with Gasteiger partial charge in [0, 0.05) is 32.2 Å². The zero-order chi connectivity index (χ0) is 11.3. The van der Waals surface area contributed by atoms with Crippen LogP contribution in [-0.2, 0) is 0 Å². The number of hydrogen-bond acceptors (Lipinski definition) is 3. The monoisotopic (exact) mass is 213 g/mol. The zero-order valence-electron chi connectivity index (χ0n) is 10.8. The number of rotatable bonds is 4. The van der Waals surface area contributed by atoms with E-state index >= 15 is 0 Å². The second-order valence-corrected chi connectivity index (χ2v) is 5.85. The van der Waals surface area contributed by atoms with Gasteiger partial charge in [0.1, 0.15) is 0 Å². The van der Waals surface area contributed by atoms with Gasteiger partial charge in [0.05, 0.1) is 0 Å². The van der Waals surface area contributed by atoms with Gasteiger partial charge in [-0.2, -0.15) is 0 Å². The summed E-state index contributed by atoms with van der Waals surface area (Å²) >= 11 is 0. The van der Waals surface area contributed by atoms with Crippen molar-refractivity contribution in [2.45, 2.75) is 33.2 Å². The van der Waals surface area contributed by atoms with Crippen LogP contribution in [0.2, 0.25) is 0 Å². The van der Waals surface area contributed by atoms with E-state index in [0.717, 1.165) is 26.2 Å². The van der Waals surface area contributed by atoms with Crippen LogP contribution >= 0.6 is 0 Å². The van der Waals surface area contributed by atoms with Crippen molar-refractivity contribution in [2.24, 2.45) is 5.41 Å². The van der Waals surface area contributed by atoms with Gasteiger partial charge in [-0.25, -0.2) is 0 Å². The normalized spacial score (nSPS) is 24.4. The maximum atomic E-state index is 3.56. The highest BCUT2D eigenvalue weighted by Gasteiger charge is 2.17. The molecule has 0 amide bonds. The lowest BCUT2D eigenvalue weighted by Crippen LogP contribution is -2.53. The van der Waals surface area contributed by atoms with Crippen molar-refractivity contribution in [2.75, 3.05) is 39.8 Å². The summed E-state index contributed by atoms with van der Waals surface area (Å²) in [6.45, 7) is 12.6. The Morgan fingerprint density at radius 1 is 1.40 bits per heavy atom. The van der Waals surface area contributed by atoms with Crippen LogP contribution in [-0.4, -0.2) is 50.7 Å². The van der Waals surface area contributed by atoms with Gasteiger partial charge in [0.2, 0.25) is 0 Å². The van der Waals surface area contributed by atoms with E-state index in [1.165, 1.54) is 13.0 Å². The second kappa shape index (κ2) is 5.83. The Hall–Kier alpha value is -0.120. The van der Waals surface area contributed by atoms with Crippen LogP contribution in [0.5, 0.6) is 0 Å². The van der Waals surface area contributed by atoms with Crippen molar-refractivity contribution < 1.29 is 0 Å². The molecule has 1 unspecified atom stereocenters. The lowest BCUT2D eigenvalue weighted by molar-refractivity contribution is 0.194. The highest BCUT2D eigenvalue weighted by atomic mass is 15.2. The minimum Gasteiger partial charge on any atom is -0.315 e. The Bertz CT molecular complexity index is 174. The van der Waals surface area contributed by atoms with Gasteiger partial charge in [0.25, 0.3) is 0 Å². The van der Waals surface area contributed by atoms with E-state index in [9.17, 15) is 0 Å². The van der Waals surface area contributed by atoms with Gasteiger partial charge in [-0.1, -0.05) is 20.8 Å². The third-order valence-corrected chi connectivity index (χ3v) is 3.08. The van der Waals surface area contributed by atoms with E-state index in [4.69, 9.17) is 0 Å². The average molecular weight is 213 g/mol. The van der Waals surface area contributed by atoms with Crippen LogP contribution in [0.3, 0.4) is 0 Å². The first kappa shape index (κ1) is 12.9. The van der Waals surface area contributed by atoms with E-state index in [-0.39, 0.29) is 0 Å². The first-order chi connectivity index (χ1) is 6.99. The largest absolute Gasteiger partial charge is 0.315 e. The Morgan fingerprint density at radius 2 is 2.13 bits per heavy atom. The molecule has 0 aromatic heterocycles. The molecule has 1 atom stereocenters. The van der Waals surface area contributed by atoms with Gasteiger partial charge in [-0.3, -0.25) is 4.90 Å². The molecule has 1 rings (SSSR count). The smallest absolute Gasteiger partial charge is 0.0342 e. The van der Waals surface area contributed by atoms with Gasteiger partial charge >= 0.3 is 0 Å². The van der Waals surface area contributed by atoms with Crippen molar-refractivity contribution in [3.05, 3.63) is 0 Å². The maximum absolute atomic E-state index is 3.56. The third-order valence-electron chi connectivity index (χ3n) is 3.08. The van der Waals surface area contributed by atoms with Crippen LogP contribution < -0.4 is 10.6 Å². The molecule has 0 spiro atoms. The summed E-state index contributed by atoms with van der Waals surface area (Å²) in [6.07, 6.45) is 1.25. The molecule has 1 fully saturated rings. The standard InChI is InChI=1S/C12H27N3/c1-12(2,3)5-6-13-9-11-10-14-7-8-15(11)4/h11,13-14H,5-10H2,1-4H3. The molecule has 15 heavy (non-hydrogen) atoms. The fourth-order valence-electron chi connectivity index (χ4n) is 1.82. The molecular weight excluding hydrogens is 186 g/mol. The fraction of sp³-hybridized carbons (Fsp3) is 1.00.